The van der Waals surface area contributed by atoms with E-state index in [1.54, 1.807) is 7.11 Å². The predicted octanol–water partition coefficient (Wildman–Crippen LogP) is 0.879. The van der Waals surface area contributed by atoms with Gasteiger partial charge in [0, 0.05) is 26.3 Å². The highest BCUT2D eigenvalue weighted by molar-refractivity contribution is 5.39. The van der Waals surface area contributed by atoms with E-state index in [1.165, 1.54) is 0 Å². The molecule has 0 bridgehead atoms. The highest BCUT2D eigenvalue weighted by Gasteiger charge is 2.26. The summed E-state index contributed by atoms with van der Waals surface area (Å²) >= 11 is 0. The number of hydrogen-bond donors (Lipinski definition) is 2. The van der Waals surface area contributed by atoms with Crippen molar-refractivity contribution in [3.63, 3.8) is 0 Å². The van der Waals surface area contributed by atoms with Crippen LogP contribution in [0, 0.1) is 0 Å². The minimum atomic E-state index is 0.188. The molecule has 94 valence electrons. The predicted molar refractivity (Wildman–Crippen MR) is 66.5 cm³/mol. The Hall–Kier alpha value is -1.33. The first-order valence-electron chi connectivity index (χ1n) is 5.93. The Morgan fingerprint density at radius 3 is 3.12 bits per heavy atom. The highest BCUT2D eigenvalue weighted by Crippen LogP contribution is 2.15. The van der Waals surface area contributed by atoms with Gasteiger partial charge >= 0.3 is 0 Å². The number of pyridine rings is 1. The lowest BCUT2D eigenvalue weighted by atomic mass is 10.2. The molecule has 0 saturated carbocycles. The molecule has 0 amide bonds. The number of nitrogens with zero attached hydrogens (tertiary/aromatic N) is 1. The van der Waals surface area contributed by atoms with E-state index in [1.807, 2.05) is 25.1 Å². The smallest absolute Gasteiger partial charge is 0.215 e. The van der Waals surface area contributed by atoms with Crippen molar-refractivity contribution in [2.24, 2.45) is 0 Å². The van der Waals surface area contributed by atoms with Crippen LogP contribution < -0.4 is 15.4 Å². The summed E-state index contributed by atoms with van der Waals surface area (Å²) in [6.07, 6.45) is 0.188. The first kappa shape index (κ1) is 12.1. The van der Waals surface area contributed by atoms with Gasteiger partial charge in [0.2, 0.25) is 5.88 Å². The van der Waals surface area contributed by atoms with Gasteiger partial charge in [-0.05, 0) is 13.0 Å². The van der Waals surface area contributed by atoms with Crippen molar-refractivity contribution in [3.05, 3.63) is 18.2 Å². The summed E-state index contributed by atoms with van der Waals surface area (Å²) in [5.41, 5.74) is 0. The Kier molecular flexibility index (Phi) is 4.17. The Balaban J connectivity index is 2.00. The van der Waals surface area contributed by atoms with Crippen LogP contribution in [0.25, 0.3) is 0 Å². The third kappa shape index (κ3) is 3.08. The standard InChI is InChI=1S/C12H19N3O2/c1-3-17-12-6-4-5-11(15-12)14-9-7-13-8-10(9)16-2/h4-6,9-10,13H,3,7-8H2,1-2H3,(H,14,15)/t9?,10-/m0/s1. The van der Waals surface area contributed by atoms with Gasteiger partial charge in [0.1, 0.15) is 5.82 Å². The molecule has 1 saturated heterocycles. The molecule has 0 aromatic carbocycles. The van der Waals surface area contributed by atoms with Gasteiger partial charge in [-0.1, -0.05) is 6.07 Å². The van der Waals surface area contributed by atoms with Crippen molar-refractivity contribution in [1.82, 2.24) is 10.3 Å². The number of nitrogens with one attached hydrogen (secondary N) is 2. The molecule has 0 spiro atoms. The molecule has 1 fully saturated rings. The molecule has 17 heavy (non-hydrogen) atoms. The molecule has 2 atom stereocenters. The van der Waals surface area contributed by atoms with Crippen LogP contribution in [-0.4, -0.2) is 43.9 Å². The molecule has 0 radical (unpaired) electrons. The van der Waals surface area contributed by atoms with E-state index in [0.717, 1.165) is 18.9 Å². The molecule has 1 aromatic rings. The maximum atomic E-state index is 5.39. The van der Waals surface area contributed by atoms with Crippen LogP contribution in [-0.2, 0) is 4.74 Å². The van der Waals surface area contributed by atoms with Crippen LogP contribution in [0.4, 0.5) is 5.82 Å². The van der Waals surface area contributed by atoms with Crippen molar-refractivity contribution in [3.8, 4) is 5.88 Å². The number of aromatic nitrogens is 1. The normalized spacial score (nSPS) is 23.6. The van der Waals surface area contributed by atoms with Crippen molar-refractivity contribution in [1.29, 1.82) is 0 Å². The van der Waals surface area contributed by atoms with E-state index in [0.29, 0.717) is 12.5 Å². The zero-order valence-electron chi connectivity index (χ0n) is 10.3. The third-order valence-corrected chi connectivity index (χ3v) is 2.81. The van der Waals surface area contributed by atoms with Crippen molar-refractivity contribution in [2.75, 3.05) is 32.1 Å². The molecule has 1 aromatic heterocycles. The van der Waals surface area contributed by atoms with Crippen molar-refractivity contribution < 1.29 is 9.47 Å². The number of hydrogen-bond acceptors (Lipinski definition) is 5. The molecule has 1 aliphatic rings. The van der Waals surface area contributed by atoms with E-state index >= 15 is 0 Å². The maximum absolute atomic E-state index is 5.39. The number of anilines is 1. The zero-order chi connectivity index (χ0) is 12.1. The minimum Gasteiger partial charge on any atom is -0.478 e. The lowest BCUT2D eigenvalue weighted by Crippen LogP contribution is -2.33. The monoisotopic (exact) mass is 237 g/mol. The average Bonchev–Trinajstić information content (AvgIpc) is 2.77. The highest BCUT2D eigenvalue weighted by atomic mass is 16.5. The van der Waals surface area contributed by atoms with E-state index in [-0.39, 0.29) is 12.1 Å². The van der Waals surface area contributed by atoms with Crippen LogP contribution >= 0.6 is 0 Å². The van der Waals surface area contributed by atoms with Crippen LogP contribution in [0.3, 0.4) is 0 Å². The quantitative estimate of drug-likeness (QED) is 0.796. The van der Waals surface area contributed by atoms with Gasteiger partial charge in [-0.25, -0.2) is 0 Å². The van der Waals surface area contributed by atoms with Crippen molar-refractivity contribution >= 4 is 5.82 Å². The summed E-state index contributed by atoms with van der Waals surface area (Å²) < 4.78 is 10.8. The lowest BCUT2D eigenvalue weighted by Gasteiger charge is -2.19. The average molecular weight is 237 g/mol. The SMILES string of the molecule is CCOc1cccc(NC2CNC[C@@H]2OC)n1. The summed E-state index contributed by atoms with van der Waals surface area (Å²) in [5.74, 6) is 1.48. The molecule has 2 N–H and O–H groups in total. The summed E-state index contributed by atoms with van der Waals surface area (Å²) in [6, 6.07) is 5.98. The van der Waals surface area contributed by atoms with Crippen LogP contribution in [0.1, 0.15) is 6.92 Å². The van der Waals surface area contributed by atoms with Gasteiger partial charge in [-0.2, -0.15) is 4.98 Å². The largest absolute Gasteiger partial charge is 0.478 e. The van der Waals surface area contributed by atoms with E-state index < -0.39 is 0 Å². The minimum absolute atomic E-state index is 0.188. The van der Waals surface area contributed by atoms with Gasteiger partial charge in [0.15, 0.2) is 0 Å². The molecule has 2 rings (SSSR count). The summed E-state index contributed by atoms with van der Waals surface area (Å²) in [7, 11) is 1.73. The van der Waals surface area contributed by atoms with E-state index in [4.69, 9.17) is 9.47 Å². The maximum Gasteiger partial charge on any atom is 0.215 e. The molecule has 5 heteroatoms. The number of methoxy groups -OCH3 is 1. The molecule has 2 heterocycles. The first-order chi connectivity index (χ1) is 8.33. The molecular weight excluding hydrogens is 218 g/mol. The topological polar surface area (TPSA) is 55.4 Å². The fraction of sp³-hybridized carbons (Fsp3) is 0.583. The second kappa shape index (κ2) is 5.84. The Bertz CT molecular complexity index is 359. The molecule has 1 aliphatic heterocycles. The first-order valence-corrected chi connectivity index (χ1v) is 5.93. The Morgan fingerprint density at radius 1 is 1.47 bits per heavy atom. The van der Waals surface area contributed by atoms with Crippen LogP contribution in [0.15, 0.2) is 18.2 Å². The second-order valence-corrected chi connectivity index (χ2v) is 3.98. The Morgan fingerprint density at radius 2 is 2.35 bits per heavy atom. The fourth-order valence-electron chi connectivity index (χ4n) is 1.96. The van der Waals surface area contributed by atoms with Gasteiger partial charge in [0.25, 0.3) is 0 Å². The molecular formula is C12H19N3O2. The summed E-state index contributed by atoms with van der Waals surface area (Å²) in [6.45, 7) is 4.34. The summed E-state index contributed by atoms with van der Waals surface area (Å²) in [5, 5.41) is 6.65. The summed E-state index contributed by atoms with van der Waals surface area (Å²) in [4.78, 5) is 4.38. The van der Waals surface area contributed by atoms with E-state index in [9.17, 15) is 0 Å². The lowest BCUT2D eigenvalue weighted by molar-refractivity contribution is 0.111. The van der Waals surface area contributed by atoms with Gasteiger partial charge in [-0.3, -0.25) is 0 Å². The van der Waals surface area contributed by atoms with Crippen LogP contribution in [0.2, 0.25) is 0 Å². The molecule has 0 aliphatic carbocycles. The number of rotatable bonds is 5. The van der Waals surface area contributed by atoms with Gasteiger partial charge < -0.3 is 20.1 Å². The fourth-order valence-corrected chi connectivity index (χ4v) is 1.96. The van der Waals surface area contributed by atoms with E-state index in [2.05, 4.69) is 15.6 Å². The van der Waals surface area contributed by atoms with Gasteiger partial charge in [0.05, 0.1) is 18.8 Å². The molecule has 5 nitrogen and oxygen atoms in total. The van der Waals surface area contributed by atoms with Crippen molar-refractivity contribution in [2.45, 2.75) is 19.1 Å². The molecule has 1 unspecified atom stereocenters. The van der Waals surface area contributed by atoms with Crippen LogP contribution in [0.5, 0.6) is 5.88 Å². The van der Waals surface area contributed by atoms with Gasteiger partial charge in [-0.15, -0.1) is 0 Å². The second-order valence-electron chi connectivity index (χ2n) is 3.98. The third-order valence-electron chi connectivity index (χ3n) is 2.81. The Labute approximate surface area is 102 Å². The number of ether oxygens (including phenoxy) is 2. The zero-order valence-corrected chi connectivity index (χ0v) is 10.3.